The Kier molecular flexibility index (Phi) is 2.76. The largest absolute Gasteiger partial charge is 0.497 e. The average molecular weight is 205 g/mol. The molecule has 80 valence electrons. The van der Waals surface area contributed by atoms with E-state index in [1.165, 1.54) is 0 Å². The van der Waals surface area contributed by atoms with Crippen LogP contribution in [0.2, 0.25) is 0 Å². The van der Waals surface area contributed by atoms with Gasteiger partial charge in [0.15, 0.2) is 5.96 Å². The summed E-state index contributed by atoms with van der Waals surface area (Å²) in [4.78, 5) is 4.28. The molecule has 0 unspecified atom stereocenters. The number of nitrogens with one attached hydrogen (secondary N) is 2. The van der Waals surface area contributed by atoms with E-state index < -0.39 is 0 Å². The molecule has 2 N–H and O–H groups in total. The molecule has 1 heterocycles. The first-order valence-electron chi connectivity index (χ1n) is 4.99. The number of guanidine groups is 1. The number of anilines is 1. The van der Waals surface area contributed by atoms with Crippen molar-refractivity contribution < 1.29 is 4.74 Å². The van der Waals surface area contributed by atoms with Crippen LogP contribution in [0.15, 0.2) is 23.2 Å². The molecule has 0 saturated carbocycles. The Balaban J connectivity index is 2.14. The van der Waals surface area contributed by atoms with E-state index in [0.29, 0.717) is 0 Å². The number of aryl methyl sites for hydroxylation is 1. The average Bonchev–Trinajstić information content (AvgIpc) is 2.74. The van der Waals surface area contributed by atoms with Gasteiger partial charge in [-0.25, -0.2) is 0 Å². The van der Waals surface area contributed by atoms with Crippen LogP contribution in [0.4, 0.5) is 5.69 Å². The summed E-state index contributed by atoms with van der Waals surface area (Å²) >= 11 is 0. The van der Waals surface area contributed by atoms with Crippen molar-refractivity contribution in [3.8, 4) is 5.75 Å². The SMILES string of the molecule is COc1ccc(NC2=NCCN2)c(C)c1. The van der Waals surface area contributed by atoms with Crippen LogP contribution in [0.3, 0.4) is 0 Å². The molecule has 0 radical (unpaired) electrons. The van der Waals surface area contributed by atoms with Crippen molar-refractivity contribution in [3.63, 3.8) is 0 Å². The van der Waals surface area contributed by atoms with Gasteiger partial charge in [0.1, 0.15) is 5.75 Å². The first-order valence-corrected chi connectivity index (χ1v) is 4.99. The van der Waals surface area contributed by atoms with Crippen LogP contribution in [0.5, 0.6) is 5.75 Å². The second kappa shape index (κ2) is 4.21. The van der Waals surface area contributed by atoms with Gasteiger partial charge in [0.05, 0.1) is 13.7 Å². The van der Waals surface area contributed by atoms with Crippen molar-refractivity contribution >= 4 is 11.6 Å². The zero-order valence-electron chi connectivity index (χ0n) is 9.00. The summed E-state index contributed by atoms with van der Waals surface area (Å²) in [5, 5.41) is 6.41. The lowest BCUT2D eigenvalue weighted by atomic mass is 10.2. The van der Waals surface area contributed by atoms with E-state index >= 15 is 0 Å². The van der Waals surface area contributed by atoms with E-state index in [2.05, 4.69) is 15.6 Å². The number of rotatable bonds is 2. The summed E-state index contributed by atoms with van der Waals surface area (Å²) in [7, 11) is 1.67. The Labute approximate surface area is 89.4 Å². The second-order valence-electron chi connectivity index (χ2n) is 3.46. The molecule has 0 amide bonds. The lowest BCUT2D eigenvalue weighted by Gasteiger charge is -2.10. The molecular formula is C11H15N3O. The maximum absolute atomic E-state index is 5.15. The van der Waals surface area contributed by atoms with Crippen LogP contribution in [0.1, 0.15) is 5.56 Å². The molecule has 1 aromatic carbocycles. The van der Waals surface area contributed by atoms with Crippen LogP contribution in [-0.4, -0.2) is 26.2 Å². The Morgan fingerprint density at radius 1 is 1.47 bits per heavy atom. The predicted molar refractivity (Wildman–Crippen MR) is 61.7 cm³/mol. The summed E-state index contributed by atoms with van der Waals surface area (Å²) in [6, 6.07) is 5.93. The molecule has 1 aliphatic heterocycles. The molecule has 0 bridgehead atoms. The first-order chi connectivity index (χ1) is 7.29. The fourth-order valence-electron chi connectivity index (χ4n) is 1.51. The van der Waals surface area contributed by atoms with Gasteiger partial charge >= 0.3 is 0 Å². The van der Waals surface area contributed by atoms with E-state index in [9.17, 15) is 0 Å². The van der Waals surface area contributed by atoms with Crippen LogP contribution in [0, 0.1) is 6.92 Å². The lowest BCUT2D eigenvalue weighted by Crippen LogP contribution is -2.26. The Hall–Kier alpha value is -1.71. The van der Waals surface area contributed by atoms with E-state index in [-0.39, 0.29) is 0 Å². The molecule has 15 heavy (non-hydrogen) atoms. The van der Waals surface area contributed by atoms with Gasteiger partial charge in [0.25, 0.3) is 0 Å². The van der Waals surface area contributed by atoms with Gasteiger partial charge < -0.3 is 15.4 Å². The number of nitrogens with zero attached hydrogens (tertiary/aromatic N) is 1. The van der Waals surface area contributed by atoms with Crippen LogP contribution in [0.25, 0.3) is 0 Å². The molecular weight excluding hydrogens is 190 g/mol. The molecule has 1 aromatic rings. The van der Waals surface area contributed by atoms with E-state index in [1.54, 1.807) is 7.11 Å². The summed E-state index contributed by atoms with van der Waals surface area (Å²) in [6.07, 6.45) is 0. The fraction of sp³-hybridized carbons (Fsp3) is 0.364. The molecule has 2 rings (SSSR count). The summed E-state index contributed by atoms with van der Waals surface area (Å²) in [6.45, 7) is 3.80. The van der Waals surface area contributed by atoms with Crippen molar-refractivity contribution in [3.05, 3.63) is 23.8 Å². The molecule has 0 saturated heterocycles. The van der Waals surface area contributed by atoms with Crippen LogP contribution in [-0.2, 0) is 0 Å². The molecule has 4 nitrogen and oxygen atoms in total. The Bertz CT molecular complexity index is 387. The van der Waals surface area contributed by atoms with Gasteiger partial charge in [-0.2, -0.15) is 0 Å². The topological polar surface area (TPSA) is 45.6 Å². The summed E-state index contributed by atoms with van der Waals surface area (Å²) in [5.74, 6) is 1.72. The highest BCUT2D eigenvalue weighted by Gasteiger charge is 2.06. The minimum absolute atomic E-state index is 0.845. The number of aliphatic imine (C=N–C) groups is 1. The van der Waals surface area contributed by atoms with Crippen molar-refractivity contribution in [1.29, 1.82) is 0 Å². The molecule has 4 heteroatoms. The predicted octanol–water partition coefficient (Wildman–Crippen LogP) is 1.37. The highest BCUT2D eigenvalue weighted by molar-refractivity contribution is 5.95. The third-order valence-corrected chi connectivity index (χ3v) is 2.36. The maximum Gasteiger partial charge on any atom is 0.195 e. The summed E-state index contributed by atoms with van der Waals surface area (Å²) in [5.41, 5.74) is 2.20. The normalized spacial score (nSPS) is 14.4. The van der Waals surface area contributed by atoms with Crippen LogP contribution < -0.4 is 15.4 Å². The van der Waals surface area contributed by atoms with Crippen LogP contribution >= 0.6 is 0 Å². The standard InChI is InChI=1S/C11H15N3O/c1-8-7-9(15-2)3-4-10(8)14-11-12-5-6-13-11/h3-4,7H,5-6H2,1-2H3,(H2,12,13,14). The van der Waals surface area contributed by atoms with Gasteiger partial charge in [0.2, 0.25) is 0 Å². The Morgan fingerprint density at radius 2 is 2.33 bits per heavy atom. The first kappa shape index (κ1) is 9.83. The number of benzene rings is 1. The molecule has 1 aliphatic rings. The highest BCUT2D eigenvalue weighted by Crippen LogP contribution is 2.20. The summed E-state index contributed by atoms with van der Waals surface area (Å²) < 4.78 is 5.15. The monoisotopic (exact) mass is 205 g/mol. The second-order valence-corrected chi connectivity index (χ2v) is 3.46. The quantitative estimate of drug-likeness (QED) is 0.766. The van der Waals surface area contributed by atoms with Gasteiger partial charge in [0, 0.05) is 12.2 Å². The molecule has 0 fully saturated rings. The van der Waals surface area contributed by atoms with E-state index in [4.69, 9.17) is 4.74 Å². The molecule has 0 spiro atoms. The zero-order valence-corrected chi connectivity index (χ0v) is 9.00. The number of hydrogen-bond acceptors (Lipinski definition) is 4. The van der Waals surface area contributed by atoms with Crippen molar-refractivity contribution in [2.24, 2.45) is 4.99 Å². The van der Waals surface area contributed by atoms with Crippen molar-refractivity contribution in [2.75, 3.05) is 25.5 Å². The van der Waals surface area contributed by atoms with Gasteiger partial charge in [-0.05, 0) is 30.7 Å². The van der Waals surface area contributed by atoms with E-state index in [0.717, 1.165) is 36.0 Å². The Morgan fingerprint density at radius 3 is 2.93 bits per heavy atom. The third-order valence-electron chi connectivity index (χ3n) is 2.36. The fourth-order valence-corrected chi connectivity index (χ4v) is 1.51. The van der Waals surface area contributed by atoms with Gasteiger partial charge in [-0.15, -0.1) is 0 Å². The van der Waals surface area contributed by atoms with Gasteiger partial charge in [-0.1, -0.05) is 0 Å². The van der Waals surface area contributed by atoms with Crippen molar-refractivity contribution in [2.45, 2.75) is 6.92 Å². The number of methoxy groups -OCH3 is 1. The maximum atomic E-state index is 5.15. The number of hydrogen-bond donors (Lipinski definition) is 2. The molecule has 0 atom stereocenters. The van der Waals surface area contributed by atoms with E-state index in [1.807, 2.05) is 25.1 Å². The zero-order chi connectivity index (χ0) is 10.7. The minimum Gasteiger partial charge on any atom is -0.497 e. The van der Waals surface area contributed by atoms with Crippen molar-refractivity contribution in [1.82, 2.24) is 5.32 Å². The minimum atomic E-state index is 0.845. The highest BCUT2D eigenvalue weighted by atomic mass is 16.5. The third kappa shape index (κ3) is 2.21. The lowest BCUT2D eigenvalue weighted by molar-refractivity contribution is 0.414. The van der Waals surface area contributed by atoms with Gasteiger partial charge in [-0.3, -0.25) is 4.99 Å². The molecule has 0 aliphatic carbocycles. The smallest absolute Gasteiger partial charge is 0.195 e. The molecule has 0 aromatic heterocycles. The number of ether oxygens (including phenoxy) is 1.